The normalized spacial score (nSPS) is 17.8. The van der Waals surface area contributed by atoms with Crippen molar-refractivity contribution < 1.29 is 23.9 Å². The van der Waals surface area contributed by atoms with Crippen LogP contribution in [0.15, 0.2) is 18.2 Å². The minimum Gasteiger partial charge on any atom is -0.449 e. The number of ether oxygens (including phenoxy) is 1. The number of nitrogens with one attached hydrogen (secondary N) is 1. The van der Waals surface area contributed by atoms with Gasteiger partial charge in [0.15, 0.2) is 6.10 Å². The first-order valence-corrected chi connectivity index (χ1v) is 10.8. The second kappa shape index (κ2) is 9.41. The largest absolute Gasteiger partial charge is 0.449 e. The van der Waals surface area contributed by atoms with Crippen LogP contribution in [0, 0.1) is 5.92 Å². The number of amides is 3. The van der Waals surface area contributed by atoms with Gasteiger partial charge in [-0.3, -0.25) is 19.3 Å². The van der Waals surface area contributed by atoms with Gasteiger partial charge in [0.2, 0.25) is 0 Å². The molecular formula is C23H30N2O5. The van der Waals surface area contributed by atoms with Crippen LogP contribution in [-0.4, -0.2) is 47.3 Å². The van der Waals surface area contributed by atoms with E-state index in [1.807, 2.05) is 13.8 Å². The van der Waals surface area contributed by atoms with Gasteiger partial charge in [-0.05, 0) is 50.3 Å². The second-order valence-corrected chi connectivity index (χ2v) is 8.60. The summed E-state index contributed by atoms with van der Waals surface area (Å²) in [4.78, 5) is 51.2. The van der Waals surface area contributed by atoms with Gasteiger partial charge in [-0.1, -0.05) is 33.1 Å². The monoisotopic (exact) mass is 414 g/mol. The molecule has 1 N–H and O–H groups in total. The summed E-state index contributed by atoms with van der Waals surface area (Å²) in [5.41, 5.74) is 0.652. The van der Waals surface area contributed by atoms with E-state index >= 15 is 0 Å². The minimum absolute atomic E-state index is 0.132. The molecule has 0 saturated heterocycles. The van der Waals surface area contributed by atoms with Crippen LogP contribution in [0.2, 0.25) is 0 Å². The number of nitrogens with zero attached hydrogens (tertiary/aromatic N) is 1. The van der Waals surface area contributed by atoms with Gasteiger partial charge in [0.05, 0.1) is 16.7 Å². The SMILES string of the molecule is CC(C)CCN1C(=O)c2ccc(C(=O)O[C@H](C)C(=O)NC3CCCCC3)cc2C1=O. The van der Waals surface area contributed by atoms with Gasteiger partial charge in [0.25, 0.3) is 17.7 Å². The molecule has 7 nitrogen and oxygen atoms in total. The van der Waals surface area contributed by atoms with E-state index in [1.54, 1.807) is 0 Å². The number of imide groups is 1. The molecule has 2 aliphatic rings. The van der Waals surface area contributed by atoms with Crippen molar-refractivity contribution in [3.05, 3.63) is 34.9 Å². The minimum atomic E-state index is -0.937. The highest BCUT2D eigenvalue weighted by Crippen LogP contribution is 2.25. The van der Waals surface area contributed by atoms with Crippen LogP contribution in [-0.2, 0) is 9.53 Å². The number of hydrogen-bond acceptors (Lipinski definition) is 5. The molecule has 1 fully saturated rings. The average Bonchev–Trinajstić information content (AvgIpc) is 2.96. The van der Waals surface area contributed by atoms with E-state index in [0.29, 0.717) is 24.4 Å². The highest BCUT2D eigenvalue weighted by atomic mass is 16.5. The first kappa shape index (κ1) is 22.0. The van der Waals surface area contributed by atoms with Crippen molar-refractivity contribution >= 4 is 23.7 Å². The Morgan fingerprint density at radius 2 is 1.73 bits per heavy atom. The summed E-state index contributed by atoms with van der Waals surface area (Å²) >= 11 is 0. The number of carbonyl (C=O) groups excluding carboxylic acids is 4. The van der Waals surface area contributed by atoms with Crippen molar-refractivity contribution in [2.75, 3.05) is 6.54 Å². The maximum atomic E-state index is 12.6. The van der Waals surface area contributed by atoms with Crippen molar-refractivity contribution in [1.29, 1.82) is 0 Å². The smallest absolute Gasteiger partial charge is 0.338 e. The molecule has 162 valence electrons. The van der Waals surface area contributed by atoms with Crippen LogP contribution in [0.5, 0.6) is 0 Å². The lowest BCUT2D eigenvalue weighted by molar-refractivity contribution is -0.130. The van der Waals surface area contributed by atoms with E-state index in [0.717, 1.165) is 25.7 Å². The molecule has 1 atom stereocenters. The van der Waals surface area contributed by atoms with Crippen LogP contribution in [0.25, 0.3) is 0 Å². The third-order valence-electron chi connectivity index (χ3n) is 5.74. The molecule has 1 saturated carbocycles. The number of rotatable bonds is 7. The Kier molecular flexibility index (Phi) is 6.90. The van der Waals surface area contributed by atoms with E-state index in [-0.39, 0.29) is 29.0 Å². The zero-order chi connectivity index (χ0) is 21.8. The van der Waals surface area contributed by atoms with Crippen LogP contribution in [0.1, 0.15) is 90.4 Å². The van der Waals surface area contributed by atoms with Crippen molar-refractivity contribution in [2.45, 2.75) is 71.4 Å². The molecule has 1 aliphatic heterocycles. The topological polar surface area (TPSA) is 92.8 Å². The molecule has 0 unspecified atom stereocenters. The first-order chi connectivity index (χ1) is 14.3. The Hall–Kier alpha value is -2.70. The Balaban J connectivity index is 1.63. The number of hydrogen-bond donors (Lipinski definition) is 1. The average molecular weight is 415 g/mol. The van der Waals surface area contributed by atoms with Gasteiger partial charge >= 0.3 is 5.97 Å². The maximum Gasteiger partial charge on any atom is 0.338 e. The molecule has 7 heteroatoms. The molecule has 0 aromatic heterocycles. The van der Waals surface area contributed by atoms with Crippen LogP contribution < -0.4 is 5.32 Å². The van der Waals surface area contributed by atoms with Crippen LogP contribution in [0.3, 0.4) is 0 Å². The third kappa shape index (κ3) is 4.89. The summed E-state index contributed by atoms with van der Waals surface area (Å²) in [6.07, 6.45) is 5.04. The van der Waals surface area contributed by atoms with Crippen molar-refractivity contribution in [3.63, 3.8) is 0 Å². The molecule has 3 amide bonds. The van der Waals surface area contributed by atoms with E-state index in [4.69, 9.17) is 4.74 Å². The van der Waals surface area contributed by atoms with Crippen LogP contribution >= 0.6 is 0 Å². The molecule has 1 aromatic carbocycles. The highest BCUT2D eigenvalue weighted by Gasteiger charge is 2.36. The highest BCUT2D eigenvalue weighted by molar-refractivity contribution is 6.22. The van der Waals surface area contributed by atoms with Gasteiger partial charge in [-0.15, -0.1) is 0 Å². The van der Waals surface area contributed by atoms with Gasteiger partial charge in [0, 0.05) is 12.6 Å². The van der Waals surface area contributed by atoms with Gasteiger partial charge in [-0.25, -0.2) is 4.79 Å². The maximum absolute atomic E-state index is 12.6. The molecule has 0 radical (unpaired) electrons. The summed E-state index contributed by atoms with van der Waals surface area (Å²) in [5, 5.41) is 2.94. The lowest BCUT2D eigenvalue weighted by atomic mass is 9.95. The molecule has 1 heterocycles. The number of fused-ring (bicyclic) bond motifs is 1. The Labute approximate surface area is 177 Å². The Morgan fingerprint density at radius 1 is 1.07 bits per heavy atom. The predicted molar refractivity (Wildman–Crippen MR) is 111 cm³/mol. The van der Waals surface area contributed by atoms with E-state index < -0.39 is 18.0 Å². The lowest BCUT2D eigenvalue weighted by Gasteiger charge is -2.24. The fourth-order valence-corrected chi connectivity index (χ4v) is 3.86. The number of esters is 1. The predicted octanol–water partition coefficient (Wildman–Crippen LogP) is 3.32. The molecule has 3 rings (SSSR count). The molecule has 0 bridgehead atoms. The van der Waals surface area contributed by atoms with Crippen molar-refractivity contribution in [3.8, 4) is 0 Å². The first-order valence-electron chi connectivity index (χ1n) is 10.8. The second-order valence-electron chi connectivity index (χ2n) is 8.60. The lowest BCUT2D eigenvalue weighted by Crippen LogP contribution is -2.42. The molecule has 30 heavy (non-hydrogen) atoms. The Morgan fingerprint density at radius 3 is 2.40 bits per heavy atom. The van der Waals surface area contributed by atoms with Crippen molar-refractivity contribution in [1.82, 2.24) is 10.2 Å². The standard InChI is InChI=1S/C23H30N2O5/c1-14(2)11-12-25-21(27)18-10-9-16(13-19(18)22(25)28)23(29)30-15(3)20(26)24-17-7-5-4-6-8-17/h9-10,13-15,17H,4-8,11-12H2,1-3H3,(H,24,26)/t15-/m1/s1. The zero-order valence-electron chi connectivity index (χ0n) is 17.9. The number of benzene rings is 1. The summed E-state index contributed by atoms with van der Waals surface area (Å²) in [6, 6.07) is 4.46. The summed E-state index contributed by atoms with van der Waals surface area (Å²) in [5.74, 6) is -1.38. The third-order valence-corrected chi connectivity index (χ3v) is 5.74. The fraction of sp³-hybridized carbons (Fsp3) is 0.565. The molecule has 0 spiro atoms. The van der Waals surface area contributed by atoms with Gasteiger partial charge in [0.1, 0.15) is 0 Å². The molecule has 1 aromatic rings. The zero-order valence-corrected chi connectivity index (χ0v) is 17.9. The number of carbonyl (C=O) groups is 4. The summed E-state index contributed by atoms with van der Waals surface area (Å²) < 4.78 is 5.31. The summed E-state index contributed by atoms with van der Waals surface area (Å²) in [6.45, 7) is 5.93. The summed E-state index contributed by atoms with van der Waals surface area (Å²) in [7, 11) is 0. The van der Waals surface area contributed by atoms with Gasteiger partial charge in [-0.2, -0.15) is 0 Å². The van der Waals surface area contributed by atoms with Crippen LogP contribution in [0.4, 0.5) is 0 Å². The quantitative estimate of drug-likeness (QED) is 0.546. The van der Waals surface area contributed by atoms with Crippen molar-refractivity contribution in [2.24, 2.45) is 5.92 Å². The van der Waals surface area contributed by atoms with Gasteiger partial charge < -0.3 is 10.1 Å². The van der Waals surface area contributed by atoms with E-state index in [1.165, 1.54) is 36.4 Å². The fourth-order valence-electron chi connectivity index (χ4n) is 3.86. The molecule has 1 aliphatic carbocycles. The molecular weight excluding hydrogens is 384 g/mol. The Bertz CT molecular complexity index is 842. The van der Waals surface area contributed by atoms with E-state index in [9.17, 15) is 19.2 Å². The van der Waals surface area contributed by atoms with E-state index in [2.05, 4.69) is 5.32 Å².